The average molecular weight is 394 g/mol. The van der Waals surface area contributed by atoms with Crippen molar-refractivity contribution >= 4 is 45.1 Å². The molecule has 1 atom stereocenters. The molecule has 3 rings (SSSR count). The molecule has 0 amide bonds. The average Bonchev–Trinajstić information content (AvgIpc) is 2.76. The Morgan fingerprint density at radius 1 is 1.53 bits per heavy atom. The highest BCUT2D eigenvalue weighted by molar-refractivity contribution is 14.1. The van der Waals surface area contributed by atoms with E-state index in [-0.39, 0.29) is 6.23 Å². The Morgan fingerprint density at radius 3 is 3.05 bits per heavy atom. The molecule has 1 fully saturated rings. The third kappa shape index (κ3) is 2.41. The minimum Gasteiger partial charge on any atom is -0.480 e. The van der Waals surface area contributed by atoms with Gasteiger partial charge in [0.05, 0.1) is 18.0 Å². The third-order valence-corrected chi connectivity index (χ3v) is 4.15. The maximum Gasteiger partial charge on any atom is 0.226 e. The predicted octanol–water partition coefficient (Wildman–Crippen LogP) is 3.40. The van der Waals surface area contributed by atoms with Gasteiger partial charge in [-0.15, -0.1) is 0 Å². The SMILES string of the molecule is COc1nc(Cl)cc2c1c(I)nn2C1CCCCO1. The zero-order chi connectivity index (χ0) is 13.4. The summed E-state index contributed by atoms with van der Waals surface area (Å²) in [4.78, 5) is 4.18. The summed E-state index contributed by atoms with van der Waals surface area (Å²) < 4.78 is 13.8. The molecule has 3 heterocycles. The van der Waals surface area contributed by atoms with E-state index < -0.39 is 0 Å². The van der Waals surface area contributed by atoms with Gasteiger partial charge in [-0.05, 0) is 41.9 Å². The van der Waals surface area contributed by atoms with Crippen LogP contribution in [-0.2, 0) is 4.74 Å². The van der Waals surface area contributed by atoms with E-state index in [1.54, 1.807) is 7.11 Å². The molecule has 0 N–H and O–H groups in total. The molecular formula is C12H13ClIN3O2. The maximum atomic E-state index is 6.05. The van der Waals surface area contributed by atoms with Crippen LogP contribution in [0.15, 0.2) is 6.07 Å². The molecule has 2 aromatic rings. The maximum absolute atomic E-state index is 6.05. The highest BCUT2D eigenvalue weighted by atomic mass is 127. The Hall–Kier alpha value is -0.600. The normalized spacial score (nSPS) is 19.8. The Morgan fingerprint density at radius 2 is 2.37 bits per heavy atom. The highest BCUT2D eigenvalue weighted by Crippen LogP contribution is 2.34. The quantitative estimate of drug-likeness (QED) is 0.580. The Balaban J connectivity index is 2.17. The second-order valence-corrected chi connectivity index (χ2v) is 5.81. The smallest absolute Gasteiger partial charge is 0.226 e. The third-order valence-electron chi connectivity index (χ3n) is 3.20. The first kappa shape index (κ1) is 13.4. The van der Waals surface area contributed by atoms with Crippen LogP contribution in [0.25, 0.3) is 10.9 Å². The minimum absolute atomic E-state index is 0.0251. The molecule has 1 unspecified atom stereocenters. The summed E-state index contributed by atoms with van der Waals surface area (Å²) in [6.45, 7) is 0.776. The fraction of sp³-hybridized carbons (Fsp3) is 0.500. The Bertz CT molecular complexity index is 611. The van der Waals surface area contributed by atoms with Gasteiger partial charge in [-0.3, -0.25) is 0 Å². The van der Waals surface area contributed by atoms with Gasteiger partial charge in [0.15, 0.2) is 6.23 Å². The largest absolute Gasteiger partial charge is 0.480 e. The van der Waals surface area contributed by atoms with E-state index in [1.807, 2.05) is 10.7 Å². The van der Waals surface area contributed by atoms with E-state index in [1.165, 1.54) is 0 Å². The predicted molar refractivity (Wildman–Crippen MR) is 80.6 cm³/mol. The second kappa shape index (κ2) is 5.41. The number of pyridine rings is 1. The standard InChI is InChI=1S/C12H13ClIN3O2/c1-18-12-10-7(6-8(13)15-12)17(16-11(10)14)9-4-2-3-5-19-9/h6,9H,2-5H2,1H3. The van der Waals surface area contributed by atoms with Crippen molar-refractivity contribution in [3.8, 4) is 5.88 Å². The van der Waals surface area contributed by atoms with Gasteiger partial charge < -0.3 is 9.47 Å². The lowest BCUT2D eigenvalue weighted by Crippen LogP contribution is -2.19. The van der Waals surface area contributed by atoms with Gasteiger partial charge in [0.1, 0.15) is 8.85 Å². The number of methoxy groups -OCH3 is 1. The van der Waals surface area contributed by atoms with Gasteiger partial charge in [0.25, 0.3) is 0 Å². The molecule has 1 saturated heterocycles. The molecule has 5 nitrogen and oxygen atoms in total. The summed E-state index contributed by atoms with van der Waals surface area (Å²) in [6.07, 6.45) is 3.20. The lowest BCUT2D eigenvalue weighted by Gasteiger charge is -2.23. The number of rotatable bonds is 2. The molecule has 102 valence electrons. The number of hydrogen-bond acceptors (Lipinski definition) is 4. The van der Waals surface area contributed by atoms with Crippen LogP contribution in [0.2, 0.25) is 5.15 Å². The lowest BCUT2D eigenvalue weighted by atomic mass is 10.2. The summed E-state index contributed by atoms with van der Waals surface area (Å²) in [6, 6.07) is 1.81. The van der Waals surface area contributed by atoms with Crippen LogP contribution in [0, 0.1) is 3.70 Å². The summed E-state index contributed by atoms with van der Waals surface area (Å²) in [5.74, 6) is 0.508. The molecule has 0 bridgehead atoms. The van der Waals surface area contributed by atoms with Gasteiger partial charge in [-0.1, -0.05) is 11.6 Å². The van der Waals surface area contributed by atoms with E-state index >= 15 is 0 Å². The lowest BCUT2D eigenvalue weighted by molar-refractivity contribution is -0.0368. The van der Waals surface area contributed by atoms with Gasteiger partial charge in [0.2, 0.25) is 5.88 Å². The number of halogens is 2. The fourth-order valence-electron chi connectivity index (χ4n) is 2.34. The van der Waals surface area contributed by atoms with Gasteiger partial charge in [-0.25, -0.2) is 9.67 Å². The first-order valence-corrected chi connectivity index (χ1v) is 7.56. The molecule has 0 aliphatic carbocycles. The molecule has 1 aliphatic heterocycles. The van der Waals surface area contributed by atoms with Crippen LogP contribution in [0.4, 0.5) is 0 Å². The molecule has 7 heteroatoms. The van der Waals surface area contributed by atoms with Crippen LogP contribution in [0.1, 0.15) is 25.5 Å². The molecule has 2 aromatic heterocycles. The zero-order valence-corrected chi connectivity index (χ0v) is 13.3. The second-order valence-electron chi connectivity index (χ2n) is 4.40. The van der Waals surface area contributed by atoms with Crippen molar-refractivity contribution in [1.82, 2.24) is 14.8 Å². The van der Waals surface area contributed by atoms with E-state index in [0.29, 0.717) is 11.0 Å². The minimum atomic E-state index is -0.0251. The van der Waals surface area contributed by atoms with Crippen molar-refractivity contribution in [3.05, 3.63) is 14.9 Å². The number of hydrogen-bond donors (Lipinski definition) is 0. The molecule has 0 saturated carbocycles. The van der Waals surface area contributed by atoms with Crippen LogP contribution in [-0.4, -0.2) is 28.5 Å². The Kier molecular flexibility index (Phi) is 3.81. The first-order chi connectivity index (χ1) is 9.20. The Labute approximate surface area is 129 Å². The van der Waals surface area contributed by atoms with Crippen LogP contribution in [0.5, 0.6) is 5.88 Å². The molecule has 0 aromatic carbocycles. The van der Waals surface area contributed by atoms with Crippen LogP contribution in [0.3, 0.4) is 0 Å². The number of fused-ring (bicyclic) bond motifs is 1. The fourth-order valence-corrected chi connectivity index (χ4v) is 3.26. The molecule has 1 aliphatic rings. The molecule has 0 radical (unpaired) electrons. The zero-order valence-electron chi connectivity index (χ0n) is 10.4. The number of aromatic nitrogens is 3. The molecule has 19 heavy (non-hydrogen) atoms. The summed E-state index contributed by atoms with van der Waals surface area (Å²) in [5, 5.41) is 5.85. The first-order valence-electron chi connectivity index (χ1n) is 6.10. The van der Waals surface area contributed by atoms with E-state index in [0.717, 1.165) is 40.5 Å². The van der Waals surface area contributed by atoms with Crippen LogP contribution >= 0.6 is 34.2 Å². The van der Waals surface area contributed by atoms with Gasteiger partial charge >= 0.3 is 0 Å². The van der Waals surface area contributed by atoms with Gasteiger partial charge in [-0.2, -0.15) is 5.10 Å². The van der Waals surface area contributed by atoms with Crippen LogP contribution < -0.4 is 4.74 Å². The van der Waals surface area contributed by atoms with E-state index in [2.05, 4.69) is 32.7 Å². The van der Waals surface area contributed by atoms with Gasteiger partial charge in [0, 0.05) is 12.7 Å². The van der Waals surface area contributed by atoms with E-state index in [4.69, 9.17) is 21.1 Å². The van der Waals surface area contributed by atoms with E-state index in [9.17, 15) is 0 Å². The van der Waals surface area contributed by atoms with Crippen molar-refractivity contribution in [1.29, 1.82) is 0 Å². The topological polar surface area (TPSA) is 49.2 Å². The van der Waals surface area contributed by atoms with Crippen molar-refractivity contribution in [3.63, 3.8) is 0 Å². The van der Waals surface area contributed by atoms with Crippen molar-refractivity contribution in [2.75, 3.05) is 13.7 Å². The number of nitrogens with zero attached hydrogens (tertiary/aromatic N) is 3. The number of ether oxygens (including phenoxy) is 2. The van der Waals surface area contributed by atoms with Crippen molar-refractivity contribution in [2.24, 2.45) is 0 Å². The molecular weight excluding hydrogens is 381 g/mol. The summed E-state index contributed by atoms with van der Waals surface area (Å²) in [5.41, 5.74) is 0.910. The monoisotopic (exact) mass is 393 g/mol. The molecule has 0 spiro atoms. The van der Waals surface area contributed by atoms with Crippen molar-refractivity contribution in [2.45, 2.75) is 25.5 Å². The summed E-state index contributed by atoms with van der Waals surface area (Å²) >= 11 is 8.23. The summed E-state index contributed by atoms with van der Waals surface area (Å²) in [7, 11) is 1.59. The highest BCUT2D eigenvalue weighted by Gasteiger charge is 2.23. The van der Waals surface area contributed by atoms with Crippen molar-refractivity contribution < 1.29 is 9.47 Å².